The van der Waals surface area contributed by atoms with E-state index in [9.17, 15) is 12.8 Å². The van der Waals surface area contributed by atoms with Crippen LogP contribution in [0.3, 0.4) is 0 Å². The van der Waals surface area contributed by atoms with E-state index in [0.717, 1.165) is 25.0 Å². The van der Waals surface area contributed by atoms with Gasteiger partial charge in [0.1, 0.15) is 16.8 Å². The van der Waals surface area contributed by atoms with Crippen LogP contribution in [0.4, 0.5) is 4.39 Å². The van der Waals surface area contributed by atoms with E-state index in [4.69, 9.17) is 5.26 Å². The summed E-state index contributed by atoms with van der Waals surface area (Å²) in [6.45, 7) is 0.624. The van der Waals surface area contributed by atoms with E-state index < -0.39 is 25.5 Å². The predicted molar refractivity (Wildman–Crippen MR) is 75.8 cm³/mol. The van der Waals surface area contributed by atoms with Crippen LogP contribution in [0.5, 0.6) is 0 Å². The minimum atomic E-state index is -4.14. The molecule has 0 aromatic heterocycles. The van der Waals surface area contributed by atoms with Crippen molar-refractivity contribution in [2.45, 2.75) is 24.2 Å². The lowest BCUT2D eigenvalue weighted by Crippen LogP contribution is -2.23. The number of nitrogens with zero attached hydrogens (tertiary/aromatic N) is 1. The van der Waals surface area contributed by atoms with Gasteiger partial charge < -0.3 is 5.32 Å². The summed E-state index contributed by atoms with van der Waals surface area (Å²) in [4.78, 5) is -0.865. The lowest BCUT2D eigenvalue weighted by Gasteiger charge is -2.18. The maximum absolute atomic E-state index is 13.8. The second kappa shape index (κ2) is 5.94. The standard InChI is InChI=1S/C13H12BrFN2O2S/c14-9-4-5-12(10(15)7-9)20(18,19)13(8-16)11-3-1-2-6-17-11/h4-5,7,17H,1-3,6H2. The highest BCUT2D eigenvalue weighted by molar-refractivity contribution is 9.10. The molecular formula is C13H12BrFN2O2S. The van der Waals surface area contributed by atoms with Crippen molar-refractivity contribution in [2.75, 3.05) is 6.54 Å². The van der Waals surface area contributed by atoms with Gasteiger partial charge in [-0.1, -0.05) is 15.9 Å². The van der Waals surface area contributed by atoms with Gasteiger partial charge in [0.05, 0.1) is 0 Å². The van der Waals surface area contributed by atoms with Crippen LogP contribution in [0.2, 0.25) is 0 Å². The zero-order valence-corrected chi connectivity index (χ0v) is 12.9. The number of rotatable bonds is 2. The van der Waals surface area contributed by atoms with Crippen LogP contribution in [0.25, 0.3) is 0 Å². The van der Waals surface area contributed by atoms with Crippen LogP contribution in [-0.4, -0.2) is 15.0 Å². The summed E-state index contributed by atoms with van der Waals surface area (Å²) in [7, 11) is -4.14. The third kappa shape index (κ3) is 2.86. The van der Waals surface area contributed by atoms with Crippen LogP contribution >= 0.6 is 15.9 Å². The van der Waals surface area contributed by atoms with Crippen LogP contribution < -0.4 is 5.32 Å². The lowest BCUT2D eigenvalue weighted by atomic mass is 10.1. The Balaban J connectivity index is 2.56. The first kappa shape index (κ1) is 15.0. The Kier molecular flexibility index (Phi) is 4.45. The summed E-state index contributed by atoms with van der Waals surface area (Å²) in [5, 5.41) is 12.1. The first-order chi connectivity index (χ1) is 9.46. The van der Waals surface area contributed by atoms with Crippen molar-refractivity contribution < 1.29 is 12.8 Å². The molecule has 1 heterocycles. The van der Waals surface area contributed by atoms with Crippen LogP contribution in [0, 0.1) is 17.1 Å². The number of hydrogen-bond acceptors (Lipinski definition) is 4. The molecular weight excluding hydrogens is 347 g/mol. The molecule has 0 amide bonds. The fourth-order valence-electron chi connectivity index (χ4n) is 2.04. The molecule has 0 aliphatic carbocycles. The van der Waals surface area contributed by atoms with E-state index in [1.807, 2.05) is 0 Å². The molecule has 0 unspecified atom stereocenters. The second-order valence-corrected chi connectivity index (χ2v) is 7.15. The zero-order chi connectivity index (χ0) is 14.8. The van der Waals surface area contributed by atoms with Crippen LogP contribution in [-0.2, 0) is 9.84 Å². The molecule has 0 bridgehead atoms. The molecule has 0 spiro atoms. The molecule has 1 saturated heterocycles. The first-order valence-electron chi connectivity index (χ1n) is 6.04. The molecule has 106 valence electrons. The number of allylic oxidation sites excluding steroid dienone is 2. The van der Waals surface area contributed by atoms with Gasteiger partial charge in [-0.25, -0.2) is 12.8 Å². The number of hydrogen-bond donors (Lipinski definition) is 1. The first-order valence-corrected chi connectivity index (χ1v) is 8.31. The third-order valence-electron chi connectivity index (χ3n) is 3.02. The van der Waals surface area contributed by atoms with Gasteiger partial charge in [-0.05, 0) is 37.5 Å². The van der Waals surface area contributed by atoms with Gasteiger partial charge in [-0.15, -0.1) is 0 Å². The summed E-state index contributed by atoms with van der Waals surface area (Å²) >= 11 is 3.07. The molecule has 4 nitrogen and oxygen atoms in total. The predicted octanol–water partition coefficient (Wildman–Crippen LogP) is 2.87. The Bertz CT molecular complexity index is 700. The molecule has 7 heteroatoms. The van der Waals surface area contributed by atoms with Crippen molar-refractivity contribution in [3.05, 3.63) is 39.1 Å². The van der Waals surface area contributed by atoms with Crippen molar-refractivity contribution >= 4 is 25.8 Å². The van der Waals surface area contributed by atoms with Crippen LogP contribution in [0.1, 0.15) is 19.3 Å². The smallest absolute Gasteiger partial charge is 0.221 e. The summed E-state index contributed by atoms with van der Waals surface area (Å²) in [6.07, 6.45) is 2.22. The van der Waals surface area contributed by atoms with Crippen LogP contribution in [0.15, 0.2) is 38.2 Å². The molecule has 1 aliphatic heterocycles. The van der Waals surface area contributed by atoms with Gasteiger partial charge in [-0.2, -0.15) is 5.26 Å². The number of halogens is 2. The largest absolute Gasteiger partial charge is 0.387 e. The molecule has 20 heavy (non-hydrogen) atoms. The number of piperidine rings is 1. The van der Waals surface area contributed by atoms with Crippen molar-refractivity contribution in [3.63, 3.8) is 0 Å². The Labute approximate surface area is 125 Å². The fourth-order valence-corrected chi connectivity index (χ4v) is 3.78. The Morgan fingerprint density at radius 2 is 2.15 bits per heavy atom. The van der Waals surface area contributed by atoms with Gasteiger partial charge in [0.25, 0.3) is 0 Å². The molecule has 1 aromatic rings. The average Bonchev–Trinajstić information content (AvgIpc) is 2.40. The lowest BCUT2D eigenvalue weighted by molar-refractivity contribution is 0.565. The maximum atomic E-state index is 13.8. The molecule has 0 radical (unpaired) electrons. The summed E-state index contributed by atoms with van der Waals surface area (Å²) in [5.41, 5.74) is 0.376. The van der Waals surface area contributed by atoms with Gasteiger partial charge in [0.15, 0.2) is 4.91 Å². The summed E-state index contributed by atoms with van der Waals surface area (Å²) in [6, 6.07) is 5.37. The average molecular weight is 359 g/mol. The monoisotopic (exact) mass is 358 g/mol. The summed E-state index contributed by atoms with van der Waals surface area (Å²) < 4.78 is 39.1. The molecule has 0 saturated carbocycles. The SMILES string of the molecule is N#CC(=C1CCCCN1)S(=O)(=O)c1ccc(Br)cc1F. The maximum Gasteiger partial charge on any atom is 0.221 e. The number of nitriles is 1. The minimum Gasteiger partial charge on any atom is -0.387 e. The zero-order valence-electron chi connectivity index (χ0n) is 10.5. The Morgan fingerprint density at radius 1 is 1.40 bits per heavy atom. The highest BCUT2D eigenvalue weighted by Gasteiger charge is 2.28. The quantitative estimate of drug-likeness (QED) is 0.825. The summed E-state index contributed by atoms with van der Waals surface area (Å²) in [5.74, 6) is -0.872. The minimum absolute atomic E-state index is 0.376. The van der Waals surface area contributed by atoms with Crippen molar-refractivity contribution in [3.8, 4) is 6.07 Å². The van der Waals surface area contributed by atoms with Gasteiger partial charge >= 0.3 is 0 Å². The molecule has 0 atom stereocenters. The topological polar surface area (TPSA) is 70.0 Å². The normalized spacial score (nSPS) is 18.1. The van der Waals surface area contributed by atoms with E-state index in [1.165, 1.54) is 6.07 Å². The number of nitrogens with one attached hydrogen (secondary N) is 1. The molecule has 2 rings (SSSR count). The highest BCUT2D eigenvalue weighted by atomic mass is 79.9. The number of sulfone groups is 1. The Morgan fingerprint density at radius 3 is 2.70 bits per heavy atom. The van der Waals surface area contributed by atoms with E-state index >= 15 is 0 Å². The van der Waals surface area contributed by atoms with E-state index in [0.29, 0.717) is 23.1 Å². The number of benzene rings is 1. The molecule has 1 aromatic carbocycles. The third-order valence-corrected chi connectivity index (χ3v) is 5.30. The van der Waals surface area contributed by atoms with E-state index in [-0.39, 0.29) is 0 Å². The molecule has 1 fully saturated rings. The second-order valence-electron chi connectivity index (χ2n) is 4.38. The van der Waals surface area contributed by atoms with Crippen molar-refractivity contribution in [1.29, 1.82) is 5.26 Å². The fraction of sp³-hybridized carbons (Fsp3) is 0.308. The van der Waals surface area contributed by atoms with E-state index in [2.05, 4.69) is 21.2 Å². The molecule has 1 N–H and O–H groups in total. The van der Waals surface area contributed by atoms with Crippen molar-refractivity contribution in [2.24, 2.45) is 0 Å². The van der Waals surface area contributed by atoms with E-state index in [1.54, 1.807) is 6.07 Å². The highest BCUT2D eigenvalue weighted by Crippen LogP contribution is 2.27. The van der Waals surface area contributed by atoms with Gasteiger partial charge in [0, 0.05) is 16.7 Å². The Hall–Kier alpha value is -1.39. The molecule has 1 aliphatic rings. The van der Waals surface area contributed by atoms with Gasteiger partial charge in [-0.3, -0.25) is 0 Å². The van der Waals surface area contributed by atoms with Crippen molar-refractivity contribution in [1.82, 2.24) is 5.32 Å². The van der Waals surface area contributed by atoms with Gasteiger partial charge in [0.2, 0.25) is 9.84 Å².